The minimum absolute atomic E-state index is 0.0177. The number of halogens is 4. The van der Waals surface area contributed by atoms with E-state index in [4.69, 9.17) is 0 Å². The molecule has 0 spiro atoms. The second kappa shape index (κ2) is 7.37. The zero-order valence-electron chi connectivity index (χ0n) is 16.4. The SMILES string of the molecule is CC1CCCC(C)N1C(=O)c1cc2nc(-c3ccc(F)cc3)cc(C(F)(F)F)n2n1. The molecule has 5 nitrogen and oxygen atoms in total. The lowest BCUT2D eigenvalue weighted by atomic mass is 9.97. The van der Waals surface area contributed by atoms with Gasteiger partial charge < -0.3 is 4.90 Å². The summed E-state index contributed by atoms with van der Waals surface area (Å²) < 4.78 is 55.0. The molecule has 1 aliphatic heterocycles. The largest absolute Gasteiger partial charge is 0.433 e. The Morgan fingerprint density at radius 2 is 1.70 bits per heavy atom. The van der Waals surface area contributed by atoms with Crippen LogP contribution < -0.4 is 0 Å². The van der Waals surface area contributed by atoms with E-state index < -0.39 is 23.6 Å². The number of amides is 1. The molecule has 3 aromatic rings. The first kappa shape index (κ1) is 20.3. The third-order valence-electron chi connectivity index (χ3n) is 5.50. The molecule has 1 fully saturated rings. The van der Waals surface area contributed by atoms with Crippen LogP contribution in [0.25, 0.3) is 16.9 Å². The molecule has 2 atom stereocenters. The number of hydrogen-bond acceptors (Lipinski definition) is 3. The summed E-state index contributed by atoms with van der Waals surface area (Å²) in [6, 6.07) is 7.11. The van der Waals surface area contributed by atoms with Crippen LogP contribution in [0.3, 0.4) is 0 Å². The minimum atomic E-state index is -4.71. The molecule has 30 heavy (non-hydrogen) atoms. The van der Waals surface area contributed by atoms with Gasteiger partial charge in [0.25, 0.3) is 5.91 Å². The van der Waals surface area contributed by atoms with Crippen molar-refractivity contribution in [1.29, 1.82) is 0 Å². The zero-order chi connectivity index (χ0) is 21.6. The van der Waals surface area contributed by atoms with Gasteiger partial charge in [-0.1, -0.05) is 0 Å². The van der Waals surface area contributed by atoms with Gasteiger partial charge in [-0.25, -0.2) is 13.9 Å². The van der Waals surface area contributed by atoms with Crippen LogP contribution in [0.1, 0.15) is 49.3 Å². The Labute approximate surface area is 170 Å². The first-order valence-electron chi connectivity index (χ1n) is 9.72. The molecule has 9 heteroatoms. The average Bonchev–Trinajstić information content (AvgIpc) is 3.11. The van der Waals surface area contributed by atoms with Crippen molar-refractivity contribution in [2.45, 2.75) is 51.4 Å². The number of hydrogen-bond donors (Lipinski definition) is 0. The molecule has 4 rings (SSSR count). The monoisotopic (exact) mass is 420 g/mol. The zero-order valence-corrected chi connectivity index (χ0v) is 16.4. The number of aromatic nitrogens is 3. The van der Waals surface area contributed by atoms with Gasteiger partial charge >= 0.3 is 6.18 Å². The van der Waals surface area contributed by atoms with Gasteiger partial charge in [-0.3, -0.25) is 4.79 Å². The van der Waals surface area contributed by atoms with E-state index in [1.54, 1.807) is 4.90 Å². The standard InChI is InChI=1S/C21H20F4N4O/c1-12-4-3-5-13(2)28(12)20(30)17-11-19-26-16(14-6-8-15(22)9-7-14)10-18(21(23,24)25)29(19)27-17/h6-13H,3-5H2,1-2H3. The van der Waals surface area contributed by atoms with E-state index >= 15 is 0 Å². The predicted molar refractivity (Wildman–Crippen MR) is 102 cm³/mol. The van der Waals surface area contributed by atoms with Gasteiger partial charge in [-0.05, 0) is 63.4 Å². The van der Waals surface area contributed by atoms with Crippen molar-refractivity contribution in [3.63, 3.8) is 0 Å². The Bertz CT molecular complexity index is 1080. The maximum atomic E-state index is 13.7. The van der Waals surface area contributed by atoms with Crippen molar-refractivity contribution in [1.82, 2.24) is 19.5 Å². The molecule has 0 saturated carbocycles. The molecule has 3 heterocycles. The highest BCUT2D eigenvalue weighted by molar-refractivity contribution is 5.94. The number of nitrogens with zero attached hydrogens (tertiary/aromatic N) is 4. The Morgan fingerprint density at radius 3 is 2.30 bits per heavy atom. The van der Waals surface area contributed by atoms with Crippen LogP contribution in [-0.2, 0) is 6.18 Å². The Morgan fingerprint density at radius 1 is 1.07 bits per heavy atom. The lowest BCUT2D eigenvalue weighted by Gasteiger charge is -2.38. The third kappa shape index (κ3) is 3.64. The molecule has 0 bridgehead atoms. The second-order valence-corrected chi connectivity index (χ2v) is 7.67. The van der Waals surface area contributed by atoms with Crippen molar-refractivity contribution >= 4 is 11.6 Å². The number of rotatable bonds is 2. The number of piperidine rings is 1. The van der Waals surface area contributed by atoms with Crippen molar-refractivity contribution in [2.75, 3.05) is 0 Å². The van der Waals surface area contributed by atoms with E-state index in [0.717, 1.165) is 37.5 Å². The fraction of sp³-hybridized carbons (Fsp3) is 0.381. The fourth-order valence-corrected chi connectivity index (χ4v) is 4.00. The van der Waals surface area contributed by atoms with Crippen molar-refractivity contribution in [3.8, 4) is 11.3 Å². The molecule has 0 N–H and O–H groups in total. The van der Waals surface area contributed by atoms with Crippen LogP contribution in [0.4, 0.5) is 17.6 Å². The smallest absolute Gasteiger partial charge is 0.332 e. The van der Waals surface area contributed by atoms with Crippen LogP contribution in [0.2, 0.25) is 0 Å². The van der Waals surface area contributed by atoms with Crippen LogP contribution >= 0.6 is 0 Å². The topological polar surface area (TPSA) is 50.5 Å². The molecule has 1 aliphatic rings. The van der Waals surface area contributed by atoms with Crippen LogP contribution in [0.5, 0.6) is 0 Å². The maximum Gasteiger partial charge on any atom is 0.433 e. The first-order chi connectivity index (χ1) is 14.1. The second-order valence-electron chi connectivity index (χ2n) is 7.67. The molecule has 1 amide bonds. The summed E-state index contributed by atoms with van der Waals surface area (Å²) in [6.07, 6.45) is -2.04. The fourth-order valence-electron chi connectivity index (χ4n) is 4.00. The number of carbonyl (C=O) groups is 1. The summed E-state index contributed by atoms with van der Waals surface area (Å²) in [5.41, 5.74) is -0.870. The Balaban J connectivity index is 1.83. The lowest BCUT2D eigenvalue weighted by molar-refractivity contribution is -0.142. The van der Waals surface area contributed by atoms with Gasteiger partial charge in [0.1, 0.15) is 5.82 Å². The summed E-state index contributed by atoms with van der Waals surface area (Å²) >= 11 is 0. The van der Waals surface area contributed by atoms with Crippen molar-refractivity contribution in [2.24, 2.45) is 0 Å². The number of fused-ring (bicyclic) bond motifs is 1. The summed E-state index contributed by atoms with van der Waals surface area (Å²) in [7, 11) is 0. The van der Waals surface area contributed by atoms with E-state index in [0.29, 0.717) is 10.1 Å². The molecule has 1 saturated heterocycles. The number of likely N-dealkylation sites (tertiary alicyclic amines) is 1. The van der Waals surface area contributed by atoms with E-state index in [9.17, 15) is 22.4 Å². The highest BCUT2D eigenvalue weighted by atomic mass is 19.4. The van der Waals surface area contributed by atoms with Crippen molar-refractivity contribution in [3.05, 3.63) is 53.6 Å². The Hall–Kier alpha value is -2.97. The molecule has 2 unspecified atom stereocenters. The predicted octanol–water partition coefficient (Wildman–Crippen LogP) is 4.96. The molecule has 2 aromatic heterocycles. The van der Waals surface area contributed by atoms with Gasteiger partial charge in [0, 0.05) is 23.7 Å². The van der Waals surface area contributed by atoms with Crippen LogP contribution in [-0.4, -0.2) is 37.5 Å². The van der Waals surface area contributed by atoms with Gasteiger partial charge in [-0.15, -0.1) is 0 Å². The van der Waals surface area contributed by atoms with Gasteiger partial charge in [0.05, 0.1) is 5.69 Å². The third-order valence-corrected chi connectivity index (χ3v) is 5.50. The highest BCUT2D eigenvalue weighted by Gasteiger charge is 2.37. The van der Waals surface area contributed by atoms with E-state index in [-0.39, 0.29) is 29.1 Å². The van der Waals surface area contributed by atoms with Crippen LogP contribution in [0, 0.1) is 5.82 Å². The van der Waals surface area contributed by atoms with E-state index in [1.807, 2.05) is 13.8 Å². The molecular weight excluding hydrogens is 400 g/mol. The number of benzene rings is 1. The van der Waals surface area contributed by atoms with E-state index in [1.165, 1.54) is 18.2 Å². The number of carbonyl (C=O) groups excluding carboxylic acids is 1. The van der Waals surface area contributed by atoms with E-state index in [2.05, 4.69) is 10.1 Å². The van der Waals surface area contributed by atoms with Gasteiger partial charge in [0.15, 0.2) is 17.0 Å². The van der Waals surface area contributed by atoms with Crippen LogP contribution in [0.15, 0.2) is 36.4 Å². The van der Waals surface area contributed by atoms with Gasteiger partial charge in [-0.2, -0.15) is 18.3 Å². The summed E-state index contributed by atoms with van der Waals surface area (Å²) in [6.45, 7) is 3.85. The first-order valence-corrected chi connectivity index (χ1v) is 9.72. The summed E-state index contributed by atoms with van der Waals surface area (Å²) in [5.74, 6) is -0.908. The average molecular weight is 420 g/mol. The molecule has 1 aromatic carbocycles. The Kier molecular flexibility index (Phi) is 4.99. The molecular formula is C21H20F4N4O. The lowest BCUT2D eigenvalue weighted by Crippen LogP contribution is -2.47. The minimum Gasteiger partial charge on any atom is -0.332 e. The quantitative estimate of drug-likeness (QED) is 0.551. The normalized spacial score (nSPS) is 20.0. The maximum absolute atomic E-state index is 13.7. The highest BCUT2D eigenvalue weighted by Crippen LogP contribution is 2.33. The van der Waals surface area contributed by atoms with Crippen molar-refractivity contribution < 1.29 is 22.4 Å². The number of alkyl halides is 3. The summed E-state index contributed by atoms with van der Waals surface area (Å²) in [5, 5.41) is 3.95. The molecule has 0 aliphatic carbocycles. The molecule has 158 valence electrons. The summed E-state index contributed by atoms with van der Waals surface area (Å²) in [4.78, 5) is 19.0. The molecule has 0 radical (unpaired) electrons. The van der Waals surface area contributed by atoms with Gasteiger partial charge in [0.2, 0.25) is 0 Å².